The summed E-state index contributed by atoms with van der Waals surface area (Å²) >= 11 is 1.69. The summed E-state index contributed by atoms with van der Waals surface area (Å²) in [5, 5.41) is 10.6. The fourth-order valence-electron chi connectivity index (χ4n) is 2.23. The van der Waals surface area contributed by atoms with Crippen LogP contribution in [0.2, 0.25) is 0 Å². The largest absolute Gasteiger partial charge is 0.384 e. The molecule has 1 atom stereocenters. The lowest BCUT2D eigenvalue weighted by Crippen LogP contribution is -2.43. The van der Waals surface area contributed by atoms with Gasteiger partial charge in [0.15, 0.2) is 0 Å². The lowest BCUT2D eigenvalue weighted by Gasteiger charge is -2.41. The first-order valence-corrected chi connectivity index (χ1v) is 6.16. The summed E-state index contributed by atoms with van der Waals surface area (Å²) < 4.78 is 5.63. The van der Waals surface area contributed by atoms with Crippen molar-refractivity contribution in [2.75, 3.05) is 6.61 Å². The molecule has 1 aliphatic heterocycles. The number of thiophene rings is 1. The van der Waals surface area contributed by atoms with Gasteiger partial charge in [-0.2, -0.15) is 0 Å². The molecule has 1 aromatic heterocycles. The fourth-order valence-corrected chi connectivity index (χ4v) is 3.22. The minimum atomic E-state index is -0.680. The van der Waals surface area contributed by atoms with Crippen molar-refractivity contribution < 1.29 is 9.84 Å². The minimum absolute atomic E-state index is 0.217. The highest BCUT2D eigenvalue weighted by Gasteiger charge is 2.41. The van der Waals surface area contributed by atoms with Gasteiger partial charge in [-0.1, -0.05) is 0 Å². The highest BCUT2D eigenvalue weighted by atomic mass is 32.1. The molecule has 3 heteroatoms. The summed E-state index contributed by atoms with van der Waals surface area (Å²) in [6.45, 7) is 6.79. The maximum Gasteiger partial charge on any atom is 0.104 e. The van der Waals surface area contributed by atoms with Crippen molar-refractivity contribution in [1.29, 1.82) is 0 Å². The molecule has 0 spiro atoms. The Kier molecular flexibility index (Phi) is 2.65. The van der Waals surface area contributed by atoms with E-state index < -0.39 is 5.60 Å². The maximum absolute atomic E-state index is 10.6. The first kappa shape index (κ1) is 11.1. The molecule has 0 saturated carbocycles. The van der Waals surface area contributed by atoms with Crippen LogP contribution in [0.1, 0.15) is 36.4 Å². The Labute approximate surface area is 94.9 Å². The first-order chi connectivity index (χ1) is 6.91. The zero-order valence-corrected chi connectivity index (χ0v) is 10.4. The van der Waals surface area contributed by atoms with E-state index in [2.05, 4.69) is 13.0 Å². The van der Waals surface area contributed by atoms with Gasteiger partial charge < -0.3 is 9.84 Å². The molecular formula is C12H18O2S. The Morgan fingerprint density at radius 1 is 1.40 bits per heavy atom. The SMILES string of the molecule is Cc1ccc(C2(O)CCOC(C)(C)C2)s1. The predicted molar refractivity (Wildman–Crippen MR) is 62.2 cm³/mol. The molecular weight excluding hydrogens is 208 g/mol. The van der Waals surface area contributed by atoms with Gasteiger partial charge in [-0.25, -0.2) is 0 Å². The second kappa shape index (κ2) is 3.58. The molecule has 15 heavy (non-hydrogen) atoms. The zero-order chi connectivity index (χ0) is 11.1. The van der Waals surface area contributed by atoms with Crippen LogP contribution in [0.5, 0.6) is 0 Å². The van der Waals surface area contributed by atoms with E-state index in [9.17, 15) is 5.11 Å². The molecule has 1 fully saturated rings. The van der Waals surface area contributed by atoms with Gasteiger partial charge in [-0.05, 0) is 32.9 Å². The molecule has 0 aromatic carbocycles. The average Bonchev–Trinajstić information content (AvgIpc) is 2.49. The number of aliphatic hydroxyl groups is 1. The van der Waals surface area contributed by atoms with Crippen molar-refractivity contribution >= 4 is 11.3 Å². The van der Waals surface area contributed by atoms with E-state index in [1.54, 1.807) is 11.3 Å². The third-order valence-electron chi connectivity index (χ3n) is 2.93. The van der Waals surface area contributed by atoms with E-state index in [0.29, 0.717) is 19.4 Å². The number of aryl methyl sites for hydroxylation is 1. The molecule has 1 saturated heterocycles. The summed E-state index contributed by atoms with van der Waals surface area (Å²) in [6.07, 6.45) is 1.39. The van der Waals surface area contributed by atoms with Gasteiger partial charge in [0.05, 0.1) is 12.2 Å². The molecule has 1 aromatic rings. The van der Waals surface area contributed by atoms with Crippen molar-refractivity contribution in [2.24, 2.45) is 0 Å². The van der Waals surface area contributed by atoms with Crippen LogP contribution in [0.3, 0.4) is 0 Å². The molecule has 0 aliphatic carbocycles. The Morgan fingerprint density at radius 3 is 2.67 bits per heavy atom. The van der Waals surface area contributed by atoms with Crippen LogP contribution >= 0.6 is 11.3 Å². The molecule has 84 valence electrons. The topological polar surface area (TPSA) is 29.5 Å². The smallest absolute Gasteiger partial charge is 0.104 e. The van der Waals surface area contributed by atoms with E-state index in [1.165, 1.54) is 4.88 Å². The lowest BCUT2D eigenvalue weighted by atomic mass is 9.83. The molecule has 2 heterocycles. The normalized spacial score (nSPS) is 30.4. The standard InChI is InChI=1S/C12H18O2S/c1-9-4-5-10(15-9)12(13)6-7-14-11(2,3)8-12/h4-5,13H,6-8H2,1-3H3. The second-order valence-corrected chi connectivity index (χ2v) is 6.26. The highest BCUT2D eigenvalue weighted by Crippen LogP contribution is 2.41. The molecule has 1 unspecified atom stereocenters. The number of hydrogen-bond acceptors (Lipinski definition) is 3. The number of hydrogen-bond donors (Lipinski definition) is 1. The Balaban J connectivity index is 2.26. The molecule has 1 aliphatic rings. The van der Waals surface area contributed by atoms with Crippen LogP contribution in [0.25, 0.3) is 0 Å². The molecule has 0 amide bonds. The van der Waals surface area contributed by atoms with Crippen molar-refractivity contribution in [1.82, 2.24) is 0 Å². The Hall–Kier alpha value is -0.380. The summed E-state index contributed by atoms with van der Waals surface area (Å²) in [7, 11) is 0. The van der Waals surface area contributed by atoms with Gasteiger partial charge >= 0.3 is 0 Å². The molecule has 2 rings (SSSR count). The summed E-state index contributed by atoms with van der Waals surface area (Å²) in [6, 6.07) is 4.11. The minimum Gasteiger partial charge on any atom is -0.384 e. The molecule has 1 N–H and O–H groups in total. The average molecular weight is 226 g/mol. The highest BCUT2D eigenvalue weighted by molar-refractivity contribution is 7.12. The van der Waals surface area contributed by atoms with Gasteiger partial charge in [0.1, 0.15) is 5.60 Å². The maximum atomic E-state index is 10.6. The van der Waals surface area contributed by atoms with Crippen LogP contribution in [0, 0.1) is 6.92 Å². The lowest BCUT2D eigenvalue weighted by molar-refractivity contribution is -0.146. The van der Waals surface area contributed by atoms with Crippen LogP contribution in [0.4, 0.5) is 0 Å². The third kappa shape index (κ3) is 2.25. The van der Waals surface area contributed by atoms with Crippen molar-refractivity contribution in [3.05, 3.63) is 21.9 Å². The summed E-state index contributed by atoms with van der Waals surface area (Å²) in [5.41, 5.74) is -0.897. The van der Waals surface area contributed by atoms with Crippen molar-refractivity contribution in [2.45, 2.75) is 44.8 Å². The first-order valence-electron chi connectivity index (χ1n) is 5.35. The summed E-state index contributed by atoms with van der Waals surface area (Å²) in [5.74, 6) is 0. The van der Waals surface area contributed by atoms with E-state index >= 15 is 0 Å². The molecule has 0 radical (unpaired) electrons. The van der Waals surface area contributed by atoms with E-state index in [0.717, 1.165) is 4.88 Å². The summed E-state index contributed by atoms with van der Waals surface area (Å²) in [4.78, 5) is 2.33. The van der Waals surface area contributed by atoms with Crippen LogP contribution in [-0.4, -0.2) is 17.3 Å². The van der Waals surface area contributed by atoms with Gasteiger partial charge in [0.25, 0.3) is 0 Å². The van der Waals surface area contributed by atoms with Crippen molar-refractivity contribution in [3.63, 3.8) is 0 Å². The monoisotopic (exact) mass is 226 g/mol. The van der Waals surface area contributed by atoms with E-state index in [1.807, 2.05) is 19.9 Å². The molecule has 2 nitrogen and oxygen atoms in total. The van der Waals surface area contributed by atoms with E-state index in [-0.39, 0.29) is 5.60 Å². The fraction of sp³-hybridized carbons (Fsp3) is 0.667. The zero-order valence-electron chi connectivity index (χ0n) is 9.54. The van der Waals surface area contributed by atoms with E-state index in [4.69, 9.17) is 4.74 Å². The second-order valence-electron chi connectivity index (χ2n) is 4.98. The number of ether oxygens (including phenoxy) is 1. The Bertz CT molecular complexity index is 356. The van der Waals surface area contributed by atoms with Gasteiger partial charge in [-0.3, -0.25) is 0 Å². The van der Waals surface area contributed by atoms with Crippen molar-refractivity contribution in [3.8, 4) is 0 Å². The quantitative estimate of drug-likeness (QED) is 0.798. The van der Waals surface area contributed by atoms with Crippen LogP contribution in [-0.2, 0) is 10.3 Å². The van der Waals surface area contributed by atoms with Gasteiger partial charge in [0, 0.05) is 22.6 Å². The third-order valence-corrected chi connectivity index (χ3v) is 4.12. The molecule has 0 bridgehead atoms. The van der Waals surface area contributed by atoms with Gasteiger partial charge in [0.2, 0.25) is 0 Å². The Morgan fingerprint density at radius 2 is 2.13 bits per heavy atom. The van der Waals surface area contributed by atoms with Gasteiger partial charge in [-0.15, -0.1) is 11.3 Å². The number of rotatable bonds is 1. The van der Waals surface area contributed by atoms with Crippen LogP contribution < -0.4 is 0 Å². The predicted octanol–water partition coefficient (Wildman–Crippen LogP) is 2.83. The van der Waals surface area contributed by atoms with Crippen LogP contribution in [0.15, 0.2) is 12.1 Å².